The molecule has 1 nitrogen and oxygen atoms in total. The fourth-order valence-corrected chi connectivity index (χ4v) is 1.81. The van der Waals surface area contributed by atoms with E-state index in [1.54, 1.807) is 0 Å². The van der Waals surface area contributed by atoms with Gasteiger partial charge in [0, 0.05) is 0 Å². The maximum atomic E-state index is 10.6. The van der Waals surface area contributed by atoms with E-state index in [-0.39, 0.29) is 0 Å². The Hall–Kier alpha value is -0.590. The first-order valence-corrected chi connectivity index (χ1v) is 4.32. The highest BCUT2D eigenvalue weighted by Gasteiger charge is 2.22. The molecule has 0 aromatic heterocycles. The number of allylic oxidation sites excluding steroid dienone is 2. The van der Waals surface area contributed by atoms with Gasteiger partial charge >= 0.3 is 0 Å². The number of carbonyl (C=O) groups excluding carboxylic acids is 1. The SMILES string of the molecule is CC1C=C(C=O)[C@@H](C)C(C)C1. The van der Waals surface area contributed by atoms with Crippen molar-refractivity contribution in [2.75, 3.05) is 0 Å². The fourth-order valence-electron chi connectivity index (χ4n) is 1.81. The van der Waals surface area contributed by atoms with Crippen LogP contribution in [0, 0.1) is 17.8 Å². The second-order valence-corrected chi connectivity index (χ2v) is 3.76. The Morgan fingerprint density at radius 3 is 2.64 bits per heavy atom. The minimum atomic E-state index is 0.462. The van der Waals surface area contributed by atoms with Crippen LogP contribution in [0.4, 0.5) is 0 Å². The highest BCUT2D eigenvalue weighted by atomic mass is 16.1. The summed E-state index contributed by atoms with van der Waals surface area (Å²) < 4.78 is 0. The second kappa shape index (κ2) is 3.21. The summed E-state index contributed by atoms with van der Waals surface area (Å²) in [5.41, 5.74) is 0.997. The van der Waals surface area contributed by atoms with Crippen LogP contribution in [0.2, 0.25) is 0 Å². The standard InChI is InChI=1S/C10H16O/c1-7-4-8(2)9(3)10(5-7)6-11/h5-9H,4H2,1-3H3/t7?,8?,9-/m0/s1. The molecule has 0 saturated heterocycles. The van der Waals surface area contributed by atoms with Crippen LogP contribution in [-0.4, -0.2) is 6.29 Å². The van der Waals surface area contributed by atoms with Crippen molar-refractivity contribution in [2.45, 2.75) is 27.2 Å². The molecule has 0 fully saturated rings. The van der Waals surface area contributed by atoms with Gasteiger partial charge in [0.1, 0.15) is 6.29 Å². The van der Waals surface area contributed by atoms with E-state index in [4.69, 9.17) is 0 Å². The van der Waals surface area contributed by atoms with Crippen LogP contribution in [0.5, 0.6) is 0 Å². The van der Waals surface area contributed by atoms with E-state index in [1.807, 2.05) is 0 Å². The lowest BCUT2D eigenvalue weighted by Gasteiger charge is -2.27. The topological polar surface area (TPSA) is 17.1 Å². The molecule has 2 unspecified atom stereocenters. The predicted molar refractivity (Wildman–Crippen MR) is 46.3 cm³/mol. The van der Waals surface area contributed by atoms with Crippen LogP contribution in [0.1, 0.15) is 27.2 Å². The molecule has 0 aliphatic heterocycles. The lowest BCUT2D eigenvalue weighted by molar-refractivity contribution is -0.105. The first kappa shape index (κ1) is 8.51. The van der Waals surface area contributed by atoms with Crippen molar-refractivity contribution in [1.29, 1.82) is 0 Å². The van der Waals surface area contributed by atoms with Crippen LogP contribution in [0.15, 0.2) is 11.6 Å². The second-order valence-electron chi connectivity index (χ2n) is 3.76. The normalized spacial score (nSPS) is 38.1. The van der Waals surface area contributed by atoms with Crippen molar-refractivity contribution in [1.82, 2.24) is 0 Å². The first-order chi connectivity index (χ1) is 5.15. The molecule has 0 radical (unpaired) electrons. The monoisotopic (exact) mass is 152 g/mol. The van der Waals surface area contributed by atoms with E-state index < -0.39 is 0 Å². The summed E-state index contributed by atoms with van der Waals surface area (Å²) in [7, 11) is 0. The van der Waals surface area contributed by atoms with Crippen LogP contribution in [0.25, 0.3) is 0 Å². The Morgan fingerprint density at radius 2 is 2.09 bits per heavy atom. The predicted octanol–water partition coefficient (Wildman–Crippen LogP) is 2.42. The maximum Gasteiger partial charge on any atom is 0.145 e. The molecule has 0 saturated carbocycles. The molecule has 1 heteroatoms. The summed E-state index contributed by atoms with van der Waals surface area (Å²) >= 11 is 0. The molecule has 0 N–H and O–H groups in total. The van der Waals surface area contributed by atoms with E-state index in [2.05, 4.69) is 26.8 Å². The molecule has 0 bridgehead atoms. The molecule has 0 aromatic carbocycles. The quantitative estimate of drug-likeness (QED) is 0.527. The molecule has 1 aliphatic carbocycles. The molecule has 0 heterocycles. The Morgan fingerprint density at radius 1 is 1.45 bits per heavy atom. The Balaban J connectivity index is 2.80. The van der Waals surface area contributed by atoms with Crippen LogP contribution in [-0.2, 0) is 4.79 Å². The molecule has 3 atom stereocenters. The van der Waals surface area contributed by atoms with Crippen LogP contribution >= 0.6 is 0 Å². The van der Waals surface area contributed by atoms with E-state index >= 15 is 0 Å². The molecule has 1 rings (SSSR count). The van der Waals surface area contributed by atoms with Gasteiger partial charge in [0.25, 0.3) is 0 Å². The van der Waals surface area contributed by atoms with Crippen LogP contribution < -0.4 is 0 Å². The smallest absolute Gasteiger partial charge is 0.145 e. The summed E-state index contributed by atoms with van der Waals surface area (Å²) in [5, 5.41) is 0. The summed E-state index contributed by atoms with van der Waals surface area (Å²) in [6.45, 7) is 6.53. The van der Waals surface area contributed by atoms with Gasteiger partial charge < -0.3 is 0 Å². The van der Waals surface area contributed by atoms with Gasteiger partial charge in [-0.05, 0) is 29.7 Å². The molecular weight excluding hydrogens is 136 g/mol. The minimum absolute atomic E-state index is 0.462. The number of carbonyl (C=O) groups is 1. The number of hydrogen-bond donors (Lipinski definition) is 0. The lowest BCUT2D eigenvalue weighted by atomic mass is 9.77. The molecule has 1 aliphatic rings. The summed E-state index contributed by atoms with van der Waals surface area (Å²) in [4.78, 5) is 10.6. The number of rotatable bonds is 1. The lowest BCUT2D eigenvalue weighted by Crippen LogP contribution is -2.19. The molecule has 0 spiro atoms. The van der Waals surface area contributed by atoms with E-state index in [1.165, 1.54) is 6.42 Å². The zero-order valence-electron chi connectivity index (χ0n) is 7.50. The van der Waals surface area contributed by atoms with Crippen molar-refractivity contribution in [3.8, 4) is 0 Å². The van der Waals surface area contributed by atoms with Gasteiger partial charge in [-0.2, -0.15) is 0 Å². The van der Waals surface area contributed by atoms with E-state index in [9.17, 15) is 4.79 Å². The Labute approximate surface area is 68.5 Å². The van der Waals surface area contributed by atoms with Gasteiger partial charge in [-0.15, -0.1) is 0 Å². The third-order valence-corrected chi connectivity index (χ3v) is 2.74. The Bertz CT molecular complexity index is 181. The molecule has 0 aromatic rings. The highest BCUT2D eigenvalue weighted by Crippen LogP contribution is 2.31. The van der Waals surface area contributed by atoms with Crippen molar-refractivity contribution >= 4 is 6.29 Å². The fraction of sp³-hybridized carbons (Fsp3) is 0.700. The average molecular weight is 152 g/mol. The molecule has 11 heavy (non-hydrogen) atoms. The van der Waals surface area contributed by atoms with Crippen LogP contribution in [0.3, 0.4) is 0 Å². The van der Waals surface area contributed by atoms with Gasteiger partial charge in [-0.1, -0.05) is 26.8 Å². The van der Waals surface area contributed by atoms with Gasteiger partial charge in [-0.3, -0.25) is 4.79 Å². The average Bonchev–Trinajstić information content (AvgIpc) is 1.96. The first-order valence-electron chi connectivity index (χ1n) is 4.32. The Kier molecular flexibility index (Phi) is 2.48. The van der Waals surface area contributed by atoms with Gasteiger partial charge in [0.2, 0.25) is 0 Å². The van der Waals surface area contributed by atoms with Crippen molar-refractivity contribution in [3.63, 3.8) is 0 Å². The van der Waals surface area contributed by atoms with Gasteiger partial charge in [0.05, 0.1) is 0 Å². The van der Waals surface area contributed by atoms with Crippen molar-refractivity contribution in [3.05, 3.63) is 11.6 Å². The summed E-state index contributed by atoms with van der Waals surface area (Å²) in [5.74, 6) is 1.71. The van der Waals surface area contributed by atoms with E-state index in [0.29, 0.717) is 17.8 Å². The highest BCUT2D eigenvalue weighted by molar-refractivity contribution is 5.74. The van der Waals surface area contributed by atoms with Gasteiger partial charge in [-0.25, -0.2) is 0 Å². The van der Waals surface area contributed by atoms with Crippen molar-refractivity contribution in [2.24, 2.45) is 17.8 Å². The molecular formula is C10H16O. The van der Waals surface area contributed by atoms with E-state index in [0.717, 1.165) is 11.9 Å². The number of hydrogen-bond acceptors (Lipinski definition) is 1. The largest absolute Gasteiger partial charge is 0.298 e. The number of aldehydes is 1. The van der Waals surface area contributed by atoms with Gasteiger partial charge in [0.15, 0.2) is 0 Å². The summed E-state index contributed by atoms with van der Waals surface area (Å²) in [6.07, 6.45) is 4.34. The summed E-state index contributed by atoms with van der Waals surface area (Å²) in [6, 6.07) is 0. The third kappa shape index (κ3) is 1.70. The molecule has 62 valence electrons. The third-order valence-electron chi connectivity index (χ3n) is 2.74. The zero-order chi connectivity index (χ0) is 8.43. The van der Waals surface area contributed by atoms with Crippen molar-refractivity contribution < 1.29 is 4.79 Å². The maximum absolute atomic E-state index is 10.6. The zero-order valence-corrected chi connectivity index (χ0v) is 7.50. The minimum Gasteiger partial charge on any atom is -0.298 e. The molecule has 0 amide bonds.